The number of amides is 6. The molecule has 0 aromatic heterocycles. The number of hydrogen-bond donors (Lipinski definition) is 3. The minimum absolute atomic E-state index is 0.240. The summed E-state index contributed by atoms with van der Waals surface area (Å²) >= 11 is 0. The number of aryl methyl sites for hydroxylation is 1. The first-order valence-corrected chi connectivity index (χ1v) is 8.63. The van der Waals surface area contributed by atoms with Gasteiger partial charge in [-0.1, -0.05) is 38.1 Å². The summed E-state index contributed by atoms with van der Waals surface area (Å²) in [5, 5.41) is 7.43. The van der Waals surface area contributed by atoms with Gasteiger partial charge in [0.2, 0.25) is 5.91 Å². The molecule has 1 atom stereocenters. The standard InChI is InChI=1S/C18H22N4O4/c1-11(2)9-19-16(25)20-14(23)10-22-15(24)18(21-17(22)26)8-7-12-5-3-4-6-13(12)18/h3-6,11H,7-10H2,1-2H3,(H,21,26)(H2,19,20,23,25)/t18-/m0/s1. The van der Waals surface area contributed by atoms with Crippen LogP contribution in [0.15, 0.2) is 24.3 Å². The molecule has 3 rings (SSSR count). The number of fused-ring (bicyclic) bond motifs is 2. The average Bonchev–Trinajstić information content (AvgIpc) is 3.07. The Hall–Kier alpha value is -2.90. The summed E-state index contributed by atoms with van der Waals surface area (Å²) in [6, 6.07) is 6.20. The first-order chi connectivity index (χ1) is 12.3. The number of urea groups is 2. The quantitative estimate of drug-likeness (QED) is 0.694. The van der Waals surface area contributed by atoms with Crippen LogP contribution in [-0.2, 0) is 21.5 Å². The lowest BCUT2D eigenvalue weighted by molar-refractivity contribution is -0.135. The average molecular weight is 358 g/mol. The Morgan fingerprint density at radius 1 is 1.27 bits per heavy atom. The molecular formula is C18H22N4O4. The second kappa shape index (κ2) is 6.78. The van der Waals surface area contributed by atoms with Crippen LogP contribution in [-0.4, -0.2) is 41.9 Å². The molecule has 1 heterocycles. The minimum Gasteiger partial charge on any atom is -0.338 e. The fourth-order valence-corrected chi connectivity index (χ4v) is 3.38. The molecule has 6 amide bonds. The number of nitrogens with one attached hydrogen (secondary N) is 3. The van der Waals surface area contributed by atoms with Crippen molar-refractivity contribution < 1.29 is 19.2 Å². The summed E-state index contributed by atoms with van der Waals surface area (Å²) in [6.45, 7) is 3.77. The van der Waals surface area contributed by atoms with Crippen LogP contribution in [0, 0.1) is 5.92 Å². The zero-order valence-electron chi connectivity index (χ0n) is 14.8. The van der Waals surface area contributed by atoms with Crippen LogP contribution >= 0.6 is 0 Å². The molecule has 1 aliphatic carbocycles. The third kappa shape index (κ3) is 3.14. The predicted molar refractivity (Wildman–Crippen MR) is 93.1 cm³/mol. The molecule has 8 nitrogen and oxygen atoms in total. The molecule has 1 aromatic rings. The summed E-state index contributed by atoms with van der Waals surface area (Å²) in [7, 11) is 0. The second-order valence-corrected chi connectivity index (χ2v) is 7.04. The molecule has 2 aliphatic rings. The number of nitrogens with zero attached hydrogens (tertiary/aromatic N) is 1. The molecule has 3 N–H and O–H groups in total. The Kier molecular flexibility index (Phi) is 4.67. The van der Waals surface area contributed by atoms with Crippen molar-refractivity contribution in [3.63, 3.8) is 0 Å². The number of rotatable bonds is 4. The SMILES string of the molecule is CC(C)CNC(=O)NC(=O)CN1C(=O)N[C@]2(CCc3ccccc32)C1=O. The third-order valence-corrected chi connectivity index (χ3v) is 4.65. The van der Waals surface area contributed by atoms with E-state index in [1.165, 1.54) is 0 Å². The van der Waals surface area contributed by atoms with Gasteiger partial charge in [-0.2, -0.15) is 0 Å². The van der Waals surface area contributed by atoms with E-state index in [1.54, 1.807) is 0 Å². The highest BCUT2D eigenvalue weighted by molar-refractivity contribution is 6.10. The highest BCUT2D eigenvalue weighted by Gasteiger charge is 2.55. The number of benzene rings is 1. The van der Waals surface area contributed by atoms with E-state index >= 15 is 0 Å². The first kappa shape index (κ1) is 17.9. The smallest absolute Gasteiger partial charge is 0.325 e. The van der Waals surface area contributed by atoms with Crippen LogP contribution < -0.4 is 16.0 Å². The Morgan fingerprint density at radius 3 is 2.73 bits per heavy atom. The maximum absolute atomic E-state index is 12.9. The molecule has 26 heavy (non-hydrogen) atoms. The zero-order chi connectivity index (χ0) is 18.9. The Bertz CT molecular complexity index is 776. The number of carbonyl (C=O) groups is 4. The van der Waals surface area contributed by atoms with Crippen LogP contribution in [0.5, 0.6) is 0 Å². The Labute approximate surface area is 151 Å². The number of hydrogen-bond acceptors (Lipinski definition) is 4. The maximum atomic E-state index is 12.9. The molecule has 1 spiro atoms. The summed E-state index contributed by atoms with van der Waals surface area (Å²) in [5.41, 5.74) is 0.685. The second-order valence-electron chi connectivity index (χ2n) is 7.04. The van der Waals surface area contributed by atoms with Crippen molar-refractivity contribution in [1.82, 2.24) is 20.9 Å². The van der Waals surface area contributed by atoms with Gasteiger partial charge in [-0.15, -0.1) is 0 Å². The molecule has 0 saturated carbocycles. The molecule has 138 valence electrons. The molecule has 1 aromatic carbocycles. The normalized spacial score (nSPS) is 21.1. The molecule has 1 aliphatic heterocycles. The molecule has 8 heteroatoms. The van der Waals surface area contributed by atoms with E-state index in [-0.39, 0.29) is 5.92 Å². The van der Waals surface area contributed by atoms with Crippen LogP contribution in [0.1, 0.15) is 31.4 Å². The highest BCUT2D eigenvalue weighted by Crippen LogP contribution is 2.41. The fourth-order valence-electron chi connectivity index (χ4n) is 3.38. The van der Waals surface area contributed by atoms with Crippen molar-refractivity contribution in [2.45, 2.75) is 32.2 Å². The van der Waals surface area contributed by atoms with Gasteiger partial charge in [-0.05, 0) is 29.9 Å². The van der Waals surface area contributed by atoms with Crippen LogP contribution in [0.3, 0.4) is 0 Å². The molecular weight excluding hydrogens is 336 g/mol. The molecule has 0 bridgehead atoms. The van der Waals surface area contributed by atoms with E-state index in [4.69, 9.17) is 0 Å². The summed E-state index contributed by atoms with van der Waals surface area (Å²) in [4.78, 5) is 49.8. The van der Waals surface area contributed by atoms with E-state index in [0.717, 1.165) is 16.0 Å². The van der Waals surface area contributed by atoms with Crippen LogP contribution in [0.2, 0.25) is 0 Å². The topological polar surface area (TPSA) is 108 Å². The van der Waals surface area contributed by atoms with Gasteiger partial charge in [-0.3, -0.25) is 19.8 Å². The number of imide groups is 2. The highest BCUT2D eigenvalue weighted by atomic mass is 16.2. The lowest BCUT2D eigenvalue weighted by Crippen LogP contribution is -2.47. The van der Waals surface area contributed by atoms with Gasteiger partial charge < -0.3 is 10.6 Å². The predicted octanol–water partition coefficient (Wildman–Crippen LogP) is 0.862. The fraction of sp³-hybridized carbons (Fsp3) is 0.444. The first-order valence-electron chi connectivity index (χ1n) is 8.63. The third-order valence-electron chi connectivity index (χ3n) is 4.65. The van der Waals surface area contributed by atoms with Crippen molar-refractivity contribution in [1.29, 1.82) is 0 Å². The lowest BCUT2D eigenvalue weighted by atomic mass is 9.92. The van der Waals surface area contributed by atoms with Crippen molar-refractivity contribution in [2.75, 3.05) is 13.1 Å². The molecule has 0 radical (unpaired) electrons. The van der Waals surface area contributed by atoms with Crippen LogP contribution in [0.4, 0.5) is 9.59 Å². The van der Waals surface area contributed by atoms with Crippen molar-refractivity contribution in [3.05, 3.63) is 35.4 Å². The van der Waals surface area contributed by atoms with Gasteiger partial charge >= 0.3 is 12.1 Å². The minimum atomic E-state index is -1.10. The summed E-state index contributed by atoms with van der Waals surface area (Å²) < 4.78 is 0. The van der Waals surface area contributed by atoms with Crippen molar-refractivity contribution in [2.24, 2.45) is 5.92 Å². The molecule has 1 saturated heterocycles. The number of carbonyl (C=O) groups excluding carboxylic acids is 4. The molecule has 0 unspecified atom stereocenters. The van der Waals surface area contributed by atoms with E-state index < -0.39 is 36.0 Å². The van der Waals surface area contributed by atoms with E-state index in [0.29, 0.717) is 19.4 Å². The van der Waals surface area contributed by atoms with Gasteiger partial charge in [0.1, 0.15) is 12.1 Å². The van der Waals surface area contributed by atoms with Crippen molar-refractivity contribution in [3.8, 4) is 0 Å². The van der Waals surface area contributed by atoms with Gasteiger partial charge in [0, 0.05) is 6.54 Å². The van der Waals surface area contributed by atoms with E-state index in [2.05, 4.69) is 16.0 Å². The van der Waals surface area contributed by atoms with E-state index in [1.807, 2.05) is 38.1 Å². The summed E-state index contributed by atoms with van der Waals surface area (Å²) in [5.74, 6) is -0.924. The molecule has 1 fully saturated rings. The van der Waals surface area contributed by atoms with Crippen molar-refractivity contribution >= 4 is 23.9 Å². The maximum Gasteiger partial charge on any atom is 0.325 e. The largest absolute Gasteiger partial charge is 0.338 e. The monoisotopic (exact) mass is 358 g/mol. The van der Waals surface area contributed by atoms with Gasteiger partial charge in [0.25, 0.3) is 5.91 Å². The van der Waals surface area contributed by atoms with Gasteiger partial charge in [0.15, 0.2) is 0 Å². The van der Waals surface area contributed by atoms with E-state index in [9.17, 15) is 19.2 Å². The Balaban J connectivity index is 1.67. The summed E-state index contributed by atoms with van der Waals surface area (Å²) in [6.07, 6.45) is 1.14. The van der Waals surface area contributed by atoms with Gasteiger partial charge in [-0.25, -0.2) is 9.59 Å². The van der Waals surface area contributed by atoms with Gasteiger partial charge in [0.05, 0.1) is 0 Å². The zero-order valence-corrected chi connectivity index (χ0v) is 14.8. The van der Waals surface area contributed by atoms with Crippen LogP contribution in [0.25, 0.3) is 0 Å². The Morgan fingerprint density at radius 2 is 2.00 bits per heavy atom. The lowest BCUT2D eigenvalue weighted by Gasteiger charge is -2.22.